The lowest BCUT2D eigenvalue weighted by Gasteiger charge is -2.15. The average molecular weight is 594 g/mol. The third kappa shape index (κ3) is 8.11. The molecular formula is C26H31F4N7O3Si. The molecule has 220 valence electrons. The molecule has 41 heavy (non-hydrogen) atoms. The normalized spacial score (nSPS) is 12.1. The minimum absolute atomic E-state index is 0.0174. The van der Waals surface area contributed by atoms with Gasteiger partial charge in [-0.3, -0.25) is 0 Å². The van der Waals surface area contributed by atoms with Crippen molar-refractivity contribution in [1.82, 2.24) is 29.5 Å². The second-order valence-corrected chi connectivity index (χ2v) is 16.2. The van der Waals surface area contributed by atoms with E-state index in [1.807, 2.05) is 0 Å². The van der Waals surface area contributed by atoms with Crippen molar-refractivity contribution in [1.29, 1.82) is 0 Å². The molecule has 15 heteroatoms. The van der Waals surface area contributed by atoms with E-state index in [0.29, 0.717) is 17.9 Å². The number of nitrogens with zero attached hydrogens (tertiary/aromatic N) is 6. The Morgan fingerprint density at radius 3 is 2.51 bits per heavy atom. The largest absolute Gasteiger partial charge is 0.471 e. The van der Waals surface area contributed by atoms with E-state index >= 15 is 4.39 Å². The molecule has 0 bridgehead atoms. The van der Waals surface area contributed by atoms with Crippen LogP contribution in [-0.2, 0) is 18.5 Å². The Bertz CT molecular complexity index is 1470. The van der Waals surface area contributed by atoms with E-state index in [4.69, 9.17) is 14.6 Å². The quantitative estimate of drug-likeness (QED) is 0.125. The Hall–Kier alpha value is -3.82. The molecule has 4 aromatic rings. The summed E-state index contributed by atoms with van der Waals surface area (Å²) >= 11 is 0. The number of hydrogen-bond donors (Lipinski definition) is 2. The number of aromatic nitrogens is 6. The molecular weight excluding hydrogens is 562 g/mol. The highest BCUT2D eigenvalue weighted by Gasteiger charge is 2.29. The maximum atomic E-state index is 15.0. The molecule has 0 atom stereocenters. The number of halogens is 4. The van der Waals surface area contributed by atoms with Gasteiger partial charge < -0.3 is 19.9 Å². The van der Waals surface area contributed by atoms with Crippen molar-refractivity contribution in [2.24, 2.45) is 7.05 Å². The summed E-state index contributed by atoms with van der Waals surface area (Å²) in [7, 11) is 0.371. The predicted molar refractivity (Wildman–Crippen MR) is 147 cm³/mol. The first kappa shape index (κ1) is 30.1. The molecule has 4 rings (SSSR count). The molecule has 0 unspecified atom stereocenters. The standard InChI is InChI=1S/C26H31F4N7O3Si/c1-36-25(33-24(35-36)17-5-8-22(31-12-17)40-15-26(29,30)14-38)32-18-6-7-19(21(27)11-18)20-13-37(34-23(20)28)16-39-9-10-41(2,3)4/h5-8,11-13,38H,9-10,14-16H2,1-4H3,(H,32,33,35). The van der Waals surface area contributed by atoms with Crippen molar-refractivity contribution in [3.05, 3.63) is 54.5 Å². The minimum Gasteiger partial charge on any atom is -0.471 e. The highest BCUT2D eigenvalue weighted by Crippen LogP contribution is 2.29. The zero-order valence-corrected chi connectivity index (χ0v) is 24.0. The van der Waals surface area contributed by atoms with E-state index in [1.165, 1.54) is 40.0 Å². The van der Waals surface area contributed by atoms with Crippen LogP contribution in [0.1, 0.15) is 0 Å². The van der Waals surface area contributed by atoms with Gasteiger partial charge in [-0.05, 0) is 30.3 Å². The molecule has 0 aliphatic carbocycles. The summed E-state index contributed by atoms with van der Waals surface area (Å²) in [5, 5.41) is 19.7. The van der Waals surface area contributed by atoms with Gasteiger partial charge >= 0.3 is 5.92 Å². The molecule has 0 radical (unpaired) electrons. The molecule has 1 aromatic carbocycles. The number of benzene rings is 1. The molecule has 3 aromatic heterocycles. The number of aryl methyl sites for hydroxylation is 1. The first-order valence-corrected chi connectivity index (χ1v) is 16.4. The summed E-state index contributed by atoms with van der Waals surface area (Å²) < 4.78 is 69.1. The molecule has 10 nitrogen and oxygen atoms in total. The topological polar surface area (TPSA) is 112 Å². The summed E-state index contributed by atoms with van der Waals surface area (Å²) in [6.07, 6.45) is 2.76. The average Bonchev–Trinajstić information content (AvgIpc) is 3.47. The predicted octanol–water partition coefficient (Wildman–Crippen LogP) is 5.08. The molecule has 0 aliphatic heterocycles. The SMILES string of the molecule is Cn1nc(-c2ccc(OCC(F)(F)CO)nc2)nc1Nc1ccc(-c2cn(COCC[Si](C)(C)C)nc2F)c(F)c1. The van der Waals surface area contributed by atoms with Gasteiger partial charge in [0, 0.05) is 57.0 Å². The van der Waals surface area contributed by atoms with Gasteiger partial charge in [0.15, 0.2) is 12.4 Å². The van der Waals surface area contributed by atoms with Crippen molar-refractivity contribution in [2.45, 2.75) is 38.3 Å². The monoisotopic (exact) mass is 593 g/mol. The number of alkyl halides is 2. The van der Waals surface area contributed by atoms with E-state index < -0.39 is 39.0 Å². The van der Waals surface area contributed by atoms with E-state index in [-0.39, 0.29) is 35.5 Å². The number of pyridine rings is 1. The fraction of sp³-hybridized carbons (Fsp3) is 0.385. The van der Waals surface area contributed by atoms with Crippen LogP contribution in [0.15, 0.2) is 42.7 Å². The van der Waals surface area contributed by atoms with Crippen molar-refractivity contribution in [3.63, 3.8) is 0 Å². The zero-order valence-electron chi connectivity index (χ0n) is 23.0. The van der Waals surface area contributed by atoms with E-state index in [1.54, 1.807) is 19.2 Å². The number of nitrogens with one attached hydrogen (secondary N) is 1. The number of anilines is 2. The van der Waals surface area contributed by atoms with Gasteiger partial charge in [-0.2, -0.15) is 9.37 Å². The molecule has 3 heterocycles. The molecule has 0 saturated carbocycles. The lowest BCUT2D eigenvalue weighted by atomic mass is 10.1. The second kappa shape index (κ2) is 12.4. The van der Waals surface area contributed by atoms with Crippen molar-refractivity contribution >= 4 is 19.7 Å². The first-order valence-electron chi connectivity index (χ1n) is 12.7. The van der Waals surface area contributed by atoms with Gasteiger partial charge in [0.05, 0.1) is 5.56 Å². The van der Waals surface area contributed by atoms with Crippen LogP contribution < -0.4 is 10.1 Å². The van der Waals surface area contributed by atoms with E-state index in [9.17, 15) is 13.2 Å². The fourth-order valence-corrected chi connectivity index (χ4v) is 4.32. The van der Waals surface area contributed by atoms with Crippen molar-refractivity contribution in [3.8, 4) is 28.4 Å². The van der Waals surface area contributed by atoms with Crippen molar-refractivity contribution in [2.75, 3.05) is 25.1 Å². The van der Waals surface area contributed by atoms with Crippen molar-refractivity contribution < 1.29 is 32.1 Å². The Balaban J connectivity index is 1.41. The van der Waals surface area contributed by atoms with Gasteiger partial charge in [0.2, 0.25) is 17.8 Å². The Morgan fingerprint density at radius 1 is 1.07 bits per heavy atom. The summed E-state index contributed by atoms with van der Waals surface area (Å²) in [5.74, 6) is -4.34. The second-order valence-electron chi connectivity index (χ2n) is 10.6. The molecule has 2 N–H and O–H groups in total. The van der Waals surface area contributed by atoms with Crippen LogP contribution in [0.2, 0.25) is 25.7 Å². The number of aliphatic hydroxyl groups excluding tert-OH is 1. The third-order valence-corrected chi connectivity index (χ3v) is 7.58. The maximum absolute atomic E-state index is 15.0. The minimum atomic E-state index is -3.38. The molecule has 0 amide bonds. The van der Waals surface area contributed by atoms with Gasteiger partial charge in [-0.25, -0.2) is 27.5 Å². The van der Waals surface area contributed by atoms with Crippen LogP contribution in [0.5, 0.6) is 5.88 Å². The summed E-state index contributed by atoms with van der Waals surface area (Å²) in [4.78, 5) is 8.35. The lowest BCUT2D eigenvalue weighted by Crippen LogP contribution is -2.29. The number of rotatable bonds is 13. The van der Waals surface area contributed by atoms with Gasteiger partial charge in [-0.1, -0.05) is 19.6 Å². The summed E-state index contributed by atoms with van der Waals surface area (Å²) in [6.45, 7) is 4.98. The zero-order chi connectivity index (χ0) is 29.8. The van der Waals surface area contributed by atoms with Crippen LogP contribution in [0.25, 0.3) is 22.5 Å². The van der Waals surface area contributed by atoms with Crippen LogP contribution in [0.4, 0.5) is 29.2 Å². The molecule has 0 aliphatic rings. The van der Waals surface area contributed by atoms with Crippen LogP contribution in [-0.4, -0.2) is 68.5 Å². The molecule has 0 saturated heterocycles. The van der Waals surface area contributed by atoms with Crippen LogP contribution in [0.3, 0.4) is 0 Å². The Morgan fingerprint density at radius 2 is 1.85 bits per heavy atom. The number of aliphatic hydroxyl groups is 1. The smallest absolute Gasteiger partial charge is 0.303 e. The first-order chi connectivity index (χ1) is 19.3. The summed E-state index contributed by atoms with van der Waals surface area (Å²) in [5.41, 5.74) is 0.893. The maximum Gasteiger partial charge on any atom is 0.303 e. The van der Waals surface area contributed by atoms with Gasteiger partial charge in [0.25, 0.3) is 0 Å². The third-order valence-electron chi connectivity index (χ3n) is 5.87. The van der Waals surface area contributed by atoms with E-state index in [0.717, 1.165) is 6.04 Å². The molecule has 0 fully saturated rings. The highest BCUT2D eigenvalue weighted by molar-refractivity contribution is 6.76. The highest BCUT2D eigenvalue weighted by atomic mass is 28.3. The van der Waals surface area contributed by atoms with Crippen LogP contribution >= 0.6 is 0 Å². The summed E-state index contributed by atoms with van der Waals surface area (Å²) in [6, 6.07) is 8.10. The molecule has 0 spiro atoms. The van der Waals surface area contributed by atoms with Gasteiger partial charge in [-0.15, -0.1) is 10.2 Å². The lowest BCUT2D eigenvalue weighted by molar-refractivity contribution is -0.0809. The van der Waals surface area contributed by atoms with Crippen LogP contribution in [0, 0.1) is 11.8 Å². The van der Waals surface area contributed by atoms with E-state index in [2.05, 4.69) is 45.1 Å². The Labute approximate surface area is 235 Å². The number of ether oxygens (including phenoxy) is 2. The number of hydrogen-bond acceptors (Lipinski definition) is 8. The van der Waals surface area contributed by atoms with Gasteiger partial charge in [0.1, 0.15) is 19.2 Å². The fourth-order valence-electron chi connectivity index (χ4n) is 3.56. The Kier molecular flexibility index (Phi) is 9.09.